The number of rotatable bonds is 7. The van der Waals surface area contributed by atoms with Crippen LogP contribution >= 0.6 is 11.3 Å². The molecule has 0 aromatic carbocycles. The van der Waals surface area contributed by atoms with Crippen molar-refractivity contribution < 1.29 is 0 Å². The van der Waals surface area contributed by atoms with Crippen molar-refractivity contribution >= 4 is 11.3 Å². The van der Waals surface area contributed by atoms with E-state index in [1.165, 1.54) is 34.8 Å². The highest BCUT2D eigenvalue weighted by atomic mass is 32.1. The first-order chi connectivity index (χ1) is 8.55. The van der Waals surface area contributed by atoms with Crippen LogP contribution in [0.3, 0.4) is 0 Å². The van der Waals surface area contributed by atoms with Gasteiger partial charge in [0.1, 0.15) is 0 Å². The fourth-order valence-corrected chi connectivity index (χ4v) is 3.77. The maximum absolute atomic E-state index is 4.72. The van der Waals surface area contributed by atoms with Gasteiger partial charge in [-0.15, -0.1) is 11.3 Å². The SMILES string of the molecule is CCCNCC(C)(Cc1nc(C)c(C)s1)C1CC1. The number of nitrogens with zero attached hydrogens (tertiary/aromatic N) is 1. The molecule has 1 aromatic rings. The second-order valence-electron chi connectivity index (χ2n) is 6.03. The quantitative estimate of drug-likeness (QED) is 0.761. The van der Waals surface area contributed by atoms with E-state index in [4.69, 9.17) is 4.98 Å². The molecule has 1 fully saturated rings. The van der Waals surface area contributed by atoms with Crippen LogP contribution in [0.4, 0.5) is 0 Å². The molecule has 1 atom stereocenters. The first-order valence-corrected chi connectivity index (χ1v) is 8.00. The summed E-state index contributed by atoms with van der Waals surface area (Å²) in [5, 5.41) is 4.95. The largest absolute Gasteiger partial charge is 0.316 e. The first-order valence-electron chi connectivity index (χ1n) is 7.19. The van der Waals surface area contributed by atoms with Gasteiger partial charge in [-0.25, -0.2) is 4.98 Å². The zero-order valence-corrected chi connectivity index (χ0v) is 13.0. The molecule has 0 spiro atoms. The number of aromatic nitrogens is 1. The van der Waals surface area contributed by atoms with Crippen LogP contribution in [0.1, 0.15) is 48.7 Å². The van der Waals surface area contributed by atoms with Crippen molar-refractivity contribution in [2.75, 3.05) is 13.1 Å². The summed E-state index contributed by atoms with van der Waals surface area (Å²) >= 11 is 1.89. The van der Waals surface area contributed by atoms with E-state index in [1.54, 1.807) is 0 Å². The predicted molar refractivity (Wildman–Crippen MR) is 79.3 cm³/mol. The van der Waals surface area contributed by atoms with E-state index in [1.807, 2.05) is 11.3 Å². The fraction of sp³-hybridized carbons (Fsp3) is 0.800. The Morgan fingerprint density at radius 3 is 2.61 bits per heavy atom. The number of hydrogen-bond donors (Lipinski definition) is 1. The third-order valence-corrected chi connectivity index (χ3v) is 5.22. The summed E-state index contributed by atoms with van der Waals surface area (Å²) in [7, 11) is 0. The minimum absolute atomic E-state index is 0.409. The summed E-state index contributed by atoms with van der Waals surface area (Å²) < 4.78 is 0. The Hall–Kier alpha value is -0.410. The van der Waals surface area contributed by atoms with Gasteiger partial charge in [0.15, 0.2) is 0 Å². The molecule has 3 heteroatoms. The molecule has 0 bridgehead atoms. The molecule has 1 unspecified atom stereocenters. The molecular weight excluding hydrogens is 240 g/mol. The standard InChI is InChI=1S/C15H26N2S/c1-5-8-16-10-15(4,13-6-7-13)9-14-17-11(2)12(3)18-14/h13,16H,5-10H2,1-4H3. The molecule has 1 aliphatic carbocycles. The van der Waals surface area contributed by atoms with Gasteiger partial charge in [0.05, 0.1) is 10.7 Å². The van der Waals surface area contributed by atoms with E-state index in [9.17, 15) is 0 Å². The average Bonchev–Trinajstić information content (AvgIpc) is 3.09. The van der Waals surface area contributed by atoms with Gasteiger partial charge in [-0.2, -0.15) is 0 Å². The lowest BCUT2D eigenvalue weighted by Crippen LogP contribution is -2.36. The molecule has 1 heterocycles. The summed E-state index contributed by atoms with van der Waals surface area (Å²) in [6, 6.07) is 0. The first kappa shape index (κ1) is 14.0. The summed E-state index contributed by atoms with van der Waals surface area (Å²) in [5.74, 6) is 0.909. The lowest BCUT2D eigenvalue weighted by Gasteiger charge is -2.29. The maximum atomic E-state index is 4.72. The Morgan fingerprint density at radius 2 is 2.11 bits per heavy atom. The summed E-state index contributed by atoms with van der Waals surface area (Å²) in [5.41, 5.74) is 1.63. The number of nitrogens with one attached hydrogen (secondary N) is 1. The van der Waals surface area contributed by atoms with Crippen LogP contribution < -0.4 is 5.32 Å². The summed E-state index contributed by atoms with van der Waals surface area (Å²) in [6.07, 6.45) is 5.19. The van der Waals surface area contributed by atoms with E-state index < -0.39 is 0 Å². The molecule has 0 saturated heterocycles. The van der Waals surface area contributed by atoms with Crippen molar-refractivity contribution in [1.82, 2.24) is 10.3 Å². The minimum atomic E-state index is 0.409. The van der Waals surface area contributed by atoms with Gasteiger partial charge >= 0.3 is 0 Å². The van der Waals surface area contributed by atoms with E-state index in [0.717, 1.165) is 25.4 Å². The summed E-state index contributed by atoms with van der Waals surface area (Å²) in [4.78, 5) is 6.10. The van der Waals surface area contributed by atoms with Crippen LogP contribution in [0.15, 0.2) is 0 Å². The van der Waals surface area contributed by atoms with Gasteiger partial charge in [-0.05, 0) is 51.0 Å². The van der Waals surface area contributed by atoms with Crippen LogP contribution in [0, 0.1) is 25.2 Å². The van der Waals surface area contributed by atoms with E-state index in [2.05, 4.69) is 33.0 Å². The lowest BCUT2D eigenvalue weighted by molar-refractivity contribution is 0.256. The highest BCUT2D eigenvalue weighted by Crippen LogP contribution is 2.47. The molecule has 1 aromatic heterocycles. The van der Waals surface area contributed by atoms with Crippen LogP contribution in [0.25, 0.3) is 0 Å². The molecule has 0 radical (unpaired) electrons. The molecule has 1 aliphatic rings. The second-order valence-corrected chi connectivity index (χ2v) is 7.32. The summed E-state index contributed by atoms with van der Waals surface area (Å²) in [6.45, 7) is 11.3. The third kappa shape index (κ3) is 3.33. The number of thiazole rings is 1. The molecule has 1 N–H and O–H groups in total. The Labute approximate surface area is 115 Å². The highest BCUT2D eigenvalue weighted by Gasteiger charge is 2.41. The predicted octanol–water partition coefficient (Wildman–Crippen LogP) is 3.72. The van der Waals surface area contributed by atoms with Gasteiger partial charge < -0.3 is 5.32 Å². The van der Waals surface area contributed by atoms with Crippen molar-refractivity contribution in [2.45, 2.75) is 53.4 Å². The third-order valence-electron chi connectivity index (χ3n) is 4.15. The molecule has 2 nitrogen and oxygen atoms in total. The Morgan fingerprint density at radius 1 is 1.39 bits per heavy atom. The highest BCUT2D eigenvalue weighted by molar-refractivity contribution is 7.11. The monoisotopic (exact) mass is 266 g/mol. The van der Waals surface area contributed by atoms with E-state index >= 15 is 0 Å². The normalized spacial score (nSPS) is 18.9. The van der Waals surface area contributed by atoms with Crippen LogP contribution in [-0.4, -0.2) is 18.1 Å². The van der Waals surface area contributed by atoms with Gasteiger partial charge in [0.25, 0.3) is 0 Å². The second kappa shape index (κ2) is 5.70. The molecule has 2 rings (SSSR count). The topological polar surface area (TPSA) is 24.9 Å². The van der Waals surface area contributed by atoms with Crippen molar-refractivity contribution in [3.05, 3.63) is 15.6 Å². The lowest BCUT2D eigenvalue weighted by atomic mass is 9.81. The maximum Gasteiger partial charge on any atom is 0.0936 e. The molecule has 1 saturated carbocycles. The molecule has 102 valence electrons. The molecule has 18 heavy (non-hydrogen) atoms. The smallest absolute Gasteiger partial charge is 0.0936 e. The van der Waals surface area contributed by atoms with Crippen molar-refractivity contribution in [2.24, 2.45) is 11.3 Å². The van der Waals surface area contributed by atoms with Crippen molar-refractivity contribution in [1.29, 1.82) is 0 Å². The molecular formula is C15H26N2S. The zero-order valence-electron chi connectivity index (χ0n) is 12.2. The van der Waals surface area contributed by atoms with Crippen LogP contribution in [-0.2, 0) is 6.42 Å². The van der Waals surface area contributed by atoms with Crippen LogP contribution in [0.5, 0.6) is 0 Å². The van der Waals surface area contributed by atoms with Gasteiger partial charge in [-0.1, -0.05) is 13.8 Å². The van der Waals surface area contributed by atoms with E-state index in [0.29, 0.717) is 5.41 Å². The van der Waals surface area contributed by atoms with Crippen LogP contribution in [0.2, 0.25) is 0 Å². The van der Waals surface area contributed by atoms with Crippen molar-refractivity contribution in [3.63, 3.8) is 0 Å². The van der Waals surface area contributed by atoms with Gasteiger partial charge in [-0.3, -0.25) is 0 Å². The molecule has 0 aliphatic heterocycles. The molecule has 0 amide bonds. The van der Waals surface area contributed by atoms with Gasteiger partial charge in [0, 0.05) is 17.8 Å². The number of aryl methyl sites for hydroxylation is 2. The fourth-order valence-electron chi connectivity index (χ4n) is 2.64. The minimum Gasteiger partial charge on any atom is -0.316 e. The number of hydrogen-bond acceptors (Lipinski definition) is 3. The Bertz CT molecular complexity index is 376. The van der Waals surface area contributed by atoms with Crippen molar-refractivity contribution in [3.8, 4) is 0 Å². The average molecular weight is 266 g/mol. The zero-order chi connectivity index (χ0) is 13.2. The van der Waals surface area contributed by atoms with E-state index in [-0.39, 0.29) is 0 Å². The Kier molecular flexibility index (Phi) is 4.44. The van der Waals surface area contributed by atoms with Gasteiger partial charge in [0.2, 0.25) is 0 Å². The Balaban J connectivity index is 2.00.